The number of halogens is 4. The van der Waals surface area contributed by atoms with Gasteiger partial charge in [-0.05, 0) is 48.4 Å². The van der Waals surface area contributed by atoms with Crippen LogP contribution in [0.3, 0.4) is 0 Å². The van der Waals surface area contributed by atoms with Gasteiger partial charge in [-0.3, -0.25) is 0 Å². The average Bonchev–Trinajstić information content (AvgIpc) is 2.76. The van der Waals surface area contributed by atoms with Crippen molar-refractivity contribution < 1.29 is 22.3 Å². The zero-order valence-electron chi connectivity index (χ0n) is 16.5. The third kappa shape index (κ3) is 5.56. The van der Waals surface area contributed by atoms with Crippen molar-refractivity contribution in [2.75, 3.05) is 6.61 Å². The van der Waals surface area contributed by atoms with E-state index >= 15 is 0 Å². The number of aromatic nitrogens is 1. The van der Waals surface area contributed by atoms with E-state index in [0.29, 0.717) is 23.5 Å². The van der Waals surface area contributed by atoms with E-state index in [2.05, 4.69) is 4.98 Å². The second kappa shape index (κ2) is 9.84. The number of nitrogens with zero attached hydrogens (tertiary/aromatic N) is 2. The Kier molecular flexibility index (Phi) is 7.18. The Morgan fingerprint density at radius 1 is 1.10 bits per heavy atom. The summed E-state index contributed by atoms with van der Waals surface area (Å²) in [6.07, 6.45) is -3.91. The number of hydrogen-bond donors (Lipinski definition) is 0. The first-order valence-electron chi connectivity index (χ1n) is 9.45. The van der Waals surface area contributed by atoms with E-state index < -0.39 is 23.1 Å². The second-order valence-electron chi connectivity index (χ2n) is 6.60. The molecule has 1 aromatic heterocycles. The quantitative estimate of drug-likeness (QED) is 0.294. The van der Waals surface area contributed by atoms with Gasteiger partial charge >= 0.3 is 6.18 Å². The van der Waals surface area contributed by atoms with Gasteiger partial charge in [-0.2, -0.15) is 18.4 Å². The van der Waals surface area contributed by atoms with Gasteiger partial charge in [-0.25, -0.2) is 9.37 Å². The summed E-state index contributed by atoms with van der Waals surface area (Å²) < 4.78 is 60.4. The zero-order valence-corrected chi connectivity index (χ0v) is 17.4. The number of thioether (sulfide) groups is 1. The molecule has 160 valence electrons. The first-order chi connectivity index (χ1) is 14.8. The maximum Gasteiger partial charge on any atom is 0.417 e. The molecule has 3 aromatic rings. The van der Waals surface area contributed by atoms with Gasteiger partial charge < -0.3 is 4.74 Å². The third-order valence-corrected chi connectivity index (χ3v) is 5.37. The van der Waals surface area contributed by atoms with Crippen LogP contribution in [0, 0.1) is 17.1 Å². The van der Waals surface area contributed by atoms with Crippen molar-refractivity contribution in [3.63, 3.8) is 0 Å². The standard InChI is InChI=1S/C23H18F4N2OS/c1-2-11-30-17-9-7-15(8-10-17)21-12-19(23(25,26)27)18(13-28)22(29-21)31-14-16-5-3-4-6-20(16)24/h3-10,12H,2,11,14H2,1H3. The lowest BCUT2D eigenvalue weighted by Crippen LogP contribution is -2.10. The number of rotatable bonds is 7. The highest BCUT2D eigenvalue weighted by atomic mass is 32.2. The van der Waals surface area contributed by atoms with E-state index in [-0.39, 0.29) is 16.5 Å². The molecule has 0 unspecified atom stereocenters. The number of hydrogen-bond acceptors (Lipinski definition) is 4. The summed E-state index contributed by atoms with van der Waals surface area (Å²) in [6, 6.07) is 15.0. The van der Waals surface area contributed by atoms with Crippen molar-refractivity contribution in [2.45, 2.75) is 30.3 Å². The molecule has 0 aliphatic rings. The van der Waals surface area contributed by atoms with Gasteiger partial charge in [-0.1, -0.05) is 25.1 Å². The Morgan fingerprint density at radius 3 is 2.42 bits per heavy atom. The van der Waals surface area contributed by atoms with Crippen LogP contribution in [0.25, 0.3) is 11.3 Å². The maximum atomic E-state index is 13.9. The lowest BCUT2D eigenvalue weighted by atomic mass is 10.1. The molecule has 0 radical (unpaired) electrons. The predicted molar refractivity (Wildman–Crippen MR) is 111 cm³/mol. The van der Waals surface area contributed by atoms with Crippen LogP contribution in [0.4, 0.5) is 17.6 Å². The summed E-state index contributed by atoms with van der Waals surface area (Å²) in [5, 5.41) is 9.31. The molecule has 0 aliphatic carbocycles. The molecular weight excluding hydrogens is 428 g/mol. The van der Waals surface area contributed by atoms with Crippen LogP contribution in [0.15, 0.2) is 59.6 Å². The van der Waals surface area contributed by atoms with Crippen molar-refractivity contribution in [1.29, 1.82) is 5.26 Å². The lowest BCUT2D eigenvalue weighted by molar-refractivity contribution is -0.138. The van der Waals surface area contributed by atoms with Crippen LogP contribution in [-0.2, 0) is 11.9 Å². The fourth-order valence-corrected chi connectivity index (χ4v) is 3.80. The molecule has 2 aromatic carbocycles. The van der Waals surface area contributed by atoms with Gasteiger partial charge in [0.1, 0.15) is 22.7 Å². The van der Waals surface area contributed by atoms with E-state index in [1.807, 2.05) is 6.92 Å². The molecule has 31 heavy (non-hydrogen) atoms. The fraction of sp³-hybridized carbons (Fsp3) is 0.217. The number of benzene rings is 2. The van der Waals surface area contributed by atoms with Crippen molar-refractivity contribution in [3.05, 3.63) is 77.1 Å². The minimum atomic E-state index is -4.74. The molecule has 8 heteroatoms. The molecule has 0 aliphatic heterocycles. The van der Waals surface area contributed by atoms with Crippen LogP contribution < -0.4 is 4.74 Å². The Hall–Kier alpha value is -3.05. The van der Waals surface area contributed by atoms with E-state index in [1.54, 1.807) is 36.4 Å². The van der Waals surface area contributed by atoms with Gasteiger partial charge in [0, 0.05) is 11.3 Å². The monoisotopic (exact) mass is 446 g/mol. The molecule has 1 heterocycles. The van der Waals surface area contributed by atoms with Crippen LogP contribution in [0.1, 0.15) is 30.0 Å². The van der Waals surface area contributed by atoms with Gasteiger partial charge in [-0.15, -0.1) is 11.8 Å². The summed E-state index contributed by atoms with van der Waals surface area (Å²) in [5.74, 6) is 0.173. The second-order valence-corrected chi connectivity index (χ2v) is 7.56. The number of nitriles is 1. The van der Waals surface area contributed by atoms with Gasteiger partial charge in [0.25, 0.3) is 0 Å². The average molecular weight is 446 g/mol. The van der Waals surface area contributed by atoms with Crippen molar-refractivity contribution >= 4 is 11.8 Å². The van der Waals surface area contributed by atoms with Gasteiger partial charge in [0.05, 0.1) is 23.4 Å². The van der Waals surface area contributed by atoms with Gasteiger partial charge in [0.15, 0.2) is 0 Å². The third-order valence-electron chi connectivity index (χ3n) is 4.35. The van der Waals surface area contributed by atoms with E-state index in [0.717, 1.165) is 24.2 Å². The van der Waals surface area contributed by atoms with E-state index in [1.165, 1.54) is 18.2 Å². The van der Waals surface area contributed by atoms with Crippen LogP contribution >= 0.6 is 11.8 Å². The van der Waals surface area contributed by atoms with Crippen LogP contribution in [0.2, 0.25) is 0 Å². The predicted octanol–water partition coefficient (Wildman–Crippen LogP) is 6.86. The summed E-state index contributed by atoms with van der Waals surface area (Å²) in [7, 11) is 0. The molecule has 0 saturated carbocycles. The normalized spacial score (nSPS) is 11.2. The Balaban J connectivity index is 2.01. The molecule has 3 rings (SSSR count). The van der Waals surface area contributed by atoms with Crippen LogP contribution in [0.5, 0.6) is 5.75 Å². The summed E-state index contributed by atoms with van der Waals surface area (Å²) in [6.45, 7) is 2.50. The minimum Gasteiger partial charge on any atom is -0.494 e. The Labute approximate surface area is 181 Å². The van der Waals surface area contributed by atoms with Gasteiger partial charge in [0.2, 0.25) is 0 Å². The van der Waals surface area contributed by atoms with Crippen molar-refractivity contribution in [2.24, 2.45) is 0 Å². The molecule has 3 nitrogen and oxygen atoms in total. The fourth-order valence-electron chi connectivity index (χ4n) is 2.81. The highest BCUT2D eigenvalue weighted by Crippen LogP contribution is 2.39. The highest BCUT2D eigenvalue weighted by Gasteiger charge is 2.36. The molecule has 0 spiro atoms. The Bertz CT molecular complexity index is 1090. The molecule has 0 N–H and O–H groups in total. The molecule has 0 atom stereocenters. The Morgan fingerprint density at radius 2 is 1.81 bits per heavy atom. The molecular formula is C23H18F4N2OS. The van der Waals surface area contributed by atoms with Crippen molar-refractivity contribution in [3.8, 4) is 23.1 Å². The molecule has 0 fully saturated rings. The smallest absolute Gasteiger partial charge is 0.417 e. The summed E-state index contributed by atoms with van der Waals surface area (Å²) in [4.78, 5) is 4.30. The summed E-state index contributed by atoms with van der Waals surface area (Å²) in [5.41, 5.74) is -0.798. The lowest BCUT2D eigenvalue weighted by Gasteiger charge is -2.15. The van der Waals surface area contributed by atoms with E-state index in [4.69, 9.17) is 4.74 Å². The number of alkyl halides is 3. The molecule has 0 bridgehead atoms. The molecule has 0 saturated heterocycles. The first-order valence-corrected chi connectivity index (χ1v) is 10.4. The maximum absolute atomic E-state index is 13.9. The minimum absolute atomic E-state index is 0.0406. The van der Waals surface area contributed by atoms with Crippen LogP contribution in [-0.4, -0.2) is 11.6 Å². The number of pyridine rings is 1. The van der Waals surface area contributed by atoms with Crippen molar-refractivity contribution in [1.82, 2.24) is 4.98 Å². The highest BCUT2D eigenvalue weighted by molar-refractivity contribution is 7.98. The molecule has 0 amide bonds. The first kappa shape index (κ1) is 22.6. The largest absolute Gasteiger partial charge is 0.494 e. The SMILES string of the molecule is CCCOc1ccc(-c2cc(C(F)(F)F)c(C#N)c(SCc3ccccc3F)n2)cc1. The summed E-state index contributed by atoms with van der Waals surface area (Å²) >= 11 is 0.894. The van der Waals surface area contributed by atoms with E-state index in [9.17, 15) is 22.8 Å². The topological polar surface area (TPSA) is 45.9 Å². The number of ether oxygens (including phenoxy) is 1. The zero-order chi connectivity index (χ0) is 22.4.